The zero-order chi connectivity index (χ0) is 39.5. The van der Waals surface area contributed by atoms with E-state index in [0.29, 0.717) is 5.56 Å². The van der Waals surface area contributed by atoms with E-state index >= 15 is 0 Å². The van der Waals surface area contributed by atoms with Gasteiger partial charge in [-0.15, -0.1) is 11.3 Å². The van der Waals surface area contributed by atoms with E-state index in [0.717, 1.165) is 56.2 Å². The quantitative estimate of drug-likeness (QED) is 0.176. The van der Waals surface area contributed by atoms with Gasteiger partial charge in [0.05, 0.1) is 22.8 Å². The average Bonchev–Trinajstić information content (AvgIpc) is 3.81. The summed E-state index contributed by atoms with van der Waals surface area (Å²) in [7, 11) is 0. The van der Waals surface area contributed by atoms with E-state index in [-0.39, 0.29) is 11.8 Å². The Labute approximate surface area is 342 Å². The molecule has 280 valence electrons. The molecule has 0 aliphatic rings. The Balaban J connectivity index is 1.14. The normalized spacial score (nSPS) is 11.7. The van der Waals surface area contributed by atoms with Crippen LogP contribution in [0.4, 0.5) is 0 Å². The minimum absolute atomic E-state index is 0.215. The summed E-state index contributed by atoms with van der Waals surface area (Å²) in [6.45, 7) is 8.55. The highest BCUT2D eigenvalue weighted by Gasteiger charge is 2.23. The standard InChI is InChI=1S/C53H41N3OS/c1-32(2)56-48-22-10-8-20-44(48)51(38-24-25-42-41-19-9-11-23-49(41)58-50(42)31-38)52(56)40-26-34(4)54-45(30-40)36-17-13-18-37(27-36)46-28-39(35-15-6-5-7-16-35)29-47(55-46)43-21-12-14-33(3)53(43)57/h5-32,57H,1-4H3. The second-order valence-electron chi connectivity index (χ2n) is 15.4. The van der Waals surface area contributed by atoms with Gasteiger partial charge in [0, 0.05) is 70.6 Å². The first-order valence-corrected chi connectivity index (χ1v) is 20.6. The van der Waals surface area contributed by atoms with Gasteiger partial charge in [0.2, 0.25) is 0 Å². The van der Waals surface area contributed by atoms with Crippen LogP contribution in [0.15, 0.2) is 164 Å². The second kappa shape index (κ2) is 14.3. The molecule has 0 aliphatic heterocycles. The van der Waals surface area contributed by atoms with Gasteiger partial charge in [0.1, 0.15) is 5.75 Å². The van der Waals surface area contributed by atoms with Gasteiger partial charge in [0.25, 0.3) is 0 Å². The first-order valence-electron chi connectivity index (χ1n) is 19.8. The molecule has 1 N–H and O–H groups in total. The van der Waals surface area contributed by atoms with Crippen molar-refractivity contribution in [1.82, 2.24) is 14.5 Å². The number of fused-ring (bicyclic) bond motifs is 4. The molecule has 0 atom stereocenters. The maximum atomic E-state index is 11.1. The third kappa shape index (κ3) is 6.16. The predicted molar refractivity (Wildman–Crippen MR) is 245 cm³/mol. The number of nitrogens with zero attached hydrogens (tertiary/aromatic N) is 3. The summed E-state index contributed by atoms with van der Waals surface area (Å²) in [4.78, 5) is 10.3. The molecule has 0 unspecified atom stereocenters. The first kappa shape index (κ1) is 35.6. The molecule has 0 fully saturated rings. The molecule has 58 heavy (non-hydrogen) atoms. The van der Waals surface area contributed by atoms with Crippen molar-refractivity contribution in [3.8, 4) is 73.0 Å². The Kier molecular flexibility index (Phi) is 8.76. The summed E-state index contributed by atoms with van der Waals surface area (Å²) < 4.78 is 5.10. The Hall–Kier alpha value is -6.82. The molecule has 5 heteroatoms. The van der Waals surface area contributed by atoms with E-state index in [9.17, 15) is 5.11 Å². The zero-order valence-corrected chi connectivity index (χ0v) is 33.7. The predicted octanol–water partition coefficient (Wildman–Crippen LogP) is 14.7. The van der Waals surface area contributed by atoms with Crippen molar-refractivity contribution in [3.63, 3.8) is 0 Å². The molecule has 4 aromatic heterocycles. The van der Waals surface area contributed by atoms with E-state index in [1.54, 1.807) is 0 Å². The van der Waals surface area contributed by atoms with E-state index in [2.05, 4.69) is 153 Å². The van der Waals surface area contributed by atoms with Crippen LogP contribution in [0.3, 0.4) is 0 Å². The molecule has 0 saturated heterocycles. The fraction of sp³-hybridized carbons (Fsp3) is 0.0943. The lowest BCUT2D eigenvalue weighted by Gasteiger charge is -2.18. The van der Waals surface area contributed by atoms with E-state index in [1.165, 1.54) is 47.9 Å². The average molecular weight is 768 g/mol. The van der Waals surface area contributed by atoms with Gasteiger partial charge < -0.3 is 9.67 Å². The smallest absolute Gasteiger partial charge is 0.127 e. The van der Waals surface area contributed by atoms with Crippen LogP contribution in [0.2, 0.25) is 0 Å². The molecule has 0 radical (unpaired) electrons. The lowest BCUT2D eigenvalue weighted by Crippen LogP contribution is -2.04. The van der Waals surface area contributed by atoms with Crippen molar-refractivity contribution < 1.29 is 5.11 Å². The van der Waals surface area contributed by atoms with Gasteiger partial charge >= 0.3 is 0 Å². The molecule has 10 aromatic rings. The van der Waals surface area contributed by atoms with Gasteiger partial charge in [-0.2, -0.15) is 0 Å². The van der Waals surface area contributed by atoms with Crippen LogP contribution in [-0.4, -0.2) is 19.6 Å². The monoisotopic (exact) mass is 767 g/mol. The fourth-order valence-corrected chi connectivity index (χ4v) is 9.67. The summed E-state index contributed by atoms with van der Waals surface area (Å²) in [6.07, 6.45) is 0. The van der Waals surface area contributed by atoms with E-state index in [4.69, 9.17) is 9.97 Å². The third-order valence-corrected chi connectivity index (χ3v) is 12.4. The molecule has 0 saturated carbocycles. The van der Waals surface area contributed by atoms with Crippen molar-refractivity contribution in [1.29, 1.82) is 0 Å². The van der Waals surface area contributed by atoms with Gasteiger partial charge in [-0.3, -0.25) is 4.98 Å². The number of para-hydroxylation sites is 2. The Bertz CT molecular complexity index is 3190. The number of aromatic hydroxyl groups is 1. The SMILES string of the molecule is Cc1cc(-c2c(-c3ccc4c(c3)sc3ccccc34)c3ccccc3n2C(C)C)cc(-c2cccc(-c3cc(-c4ccccc4)cc(-c4cccc(C)c4O)n3)c2)n1. The van der Waals surface area contributed by atoms with Crippen molar-refractivity contribution >= 4 is 42.4 Å². The van der Waals surface area contributed by atoms with Gasteiger partial charge in [0.15, 0.2) is 0 Å². The summed E-state index contributed by atoms with van der Waals surface area (Å²) in [5.74, 6) is 0.248. The Morgan fingerprint density at radius 2 is 1.16 bits per heavy atom. The van der Waals surface area contributed by atoms with Crippen molar-refractivity contribution in [2.75, 3.05) is 0 Å². The largest absolute Gasteiger partial charge is 0.507 e. The Morgan fingerprint density at radius 1 is 0.500 bits per heavy atom. The molecular weight excluding hydrogens is 727 g/mol. The topological polar surface area (TPSA) is 50.9 Å². The number of phenolic OH excluding ortho intramolecular Hbond substituents is 1. The number of aromatic nitrogens is 3. The molecule has 4 heterocycles. The Morgan fingerprint density at radius 3 is 1.97 bits per heavy atom. The number of pyridine rings is 2. The lowest BCUT2D eigenvalue weighted by atomic mass is 9.95. The second-order valence-corrected chi connectivity index (χ2v) is 16.5. The maximum Gasteiger partial charge on any atom is 0.127 e. The van der Waals surface area contributed by atoms with Crippen molar-refractivity contribution in [2.45, 2.75) is 33.7 Å². The summed E-state index contributed by atoms with van der Waals surface area (Å²) >= 11 is 1.86. The van der Waals surface area contributed by atoms with Crippen LogP contribution in [0.25, 0.3) is 98.4 Å². The number of hydrogen-bond donors (Lipinski definition) is 1. The van der Waals surface area contributed by atoms with Gasteiger partial charge in [-0.25, -0.2) is 4.98 Å². The highest BCUT2D eigenvalue weighted by Crippen LogP contribution is 2.46. The molecule has 10 rings (SSSR count). The summed E-state index contributed by atoms with van der Waals surface area (Å²) in [5.41, 5.74) is 15.0. The number of benzene rings is 6. The van der Waals surface area contributed by atoms with Crippen LogP contribution in [0.1, 0.15) is 31.1 Å². The van der Waals surface area contributed by atoms with Crippen molar-refractivity contribution in [3.05, 3.63) is 175 Å². The number of aryl methyl sites for hydroxylation is 2. The molecule has 0 bridgehead atoms. The number of phenols is 1. The van der Waals surface area contributed by atoms with Gasteiger partial charge in [-0.1, -0.05) is 109 Å². The van der Waals surface area contributed by atoms with Crippen LogP contribution in [0.5, 0.6) is 5.75 Å². The molecule has 0 spiro atoms. The molecule has 6 aromatic carbocycles. The van der Waals surface area contributed by atoms with Crippen molar-refractivity contribution in [2.24, 2.45) is 0 Å². The van der Waals surface area contributed by atoms with Crippen LogP contribution in [0, 0.1) is 13.8 Å². The maximum absolute atomic E-state index is 11.1. The third-order valence-electron chi connectivity index (χ3n) is 11.2. The van der Waals surface area contributed by atoms with Crippen LogP contribution >= 0.6 is 11.3 Å². The minimum atomic E-state index is 0.215. The summed E-state index contributed by atoms with van der Waals surface area (Å²) in [6, 6.07) is 58.1. The van der Waals surface area contributed by atoms with Crippen LogP contribution < -0.4 is 0 Å². The molecular formula is C53H41N3OS. The highest BCUT2D eigenvalue weighted by atomic mass is 32.1. The zero-order valence-electron chi connectivity index (χ0n) is 32.9. The fourth-order valence-electron chi connectivity index (χ4n) is 8.53. The summed E-state index contributed by atoms with van der Waals surface area (Å²) in [5, 5.41) is 15.0. The van der Waals surface area contributed by atoms with Crippen LogP contribution in [-0.2, 0) is 0 Å². The van der Waals surface area contributed by atoms with E-state index in [1.807, 2.05) is 54.7 Å². The number of rotatable bonds is 7. The first-order chi connectivity index (χ1) is 28.3. The highest BCUT2D eigenvalue weighted by molar-refractivity contribution is 7.25. The number of thiophene rings is 1. The lowest BCUT2D eigenvalue weighted by molar-refractivity contribution is 0.473. The minimum Gasteiger partial charge on any atom is -0.507 e. The van der Waals surface area contributed by atoms with E-state index < -0.39 is 0 Å². The number of hydrogen-bond acceptors (Lipinski definition) is 4. The van der Waals surface area contributed by atoms with Gasteiger partial charge in [-0.05, 0) is 105 Å². The molecule has 0 amide bonds. The molecule has 0 aliphatic carbocycles. The molecule has 4 nitrogen and oxygen atoms in total.